The SMILES string of the molecule is C/C=C(/Cc1ccccc1)C(=O)O. The summed E-state index contributed by atoms with van der Waals surface area (Å²) >= 11 is 0. The van der Waals surface area contributed by atoms with Crippen molar-refractivity contribution in [3.05, 3.63) is 47.5 Å². The zero-order valence-electron chi connectivity index (χ0n) is 7.53. The number of carboxylic acid groups (broad SMARTS) is 1. The minimum Gasteiger partial charge on any atom is -0.478 e. The number of carboxylic acids is 1. The van der Waals surface area contributed by atoms with Gasteiger partial charge in [-0.05, 0) is 12.5 Å². The van der Waals surface area contributed by atoms with Crippen LogP contribution in [0.5, 0.6) is 0 Å². The quantitative estimate of drug-likeness (QED) is 0.717. The van der Waals surface area contributed by atoms with E-state index in [1.54, 1.807) is 13.0 Å². The van der Waals surface area contributed by atoms with Crippen LogP contribution < -0.4 is 0 Å². The molecule has 0 heterocycles. The van der Waals surface area contributed by atoms with Gasteiger partial charge >= 0.3 is 5.97 Å². The fourth-order valence-corrected chi connectivity index (χ4v) is 1.12. The maximum absolute atomic E-state index is 10.7. The molecule has 0 fully saturated rings. The average molecular weight is 176 g/mol. The Balaban J connectivity index is 2.74. The molecule has 0 unspecified atom stereocenters. The largest absolute Gasteiger partial charge is 0.478 e. The van der Waals surface area contributed by atoms with E-state index in [9.17, 15) is 4.79 Å². The lowest BCUT2D eigenvalue weighted by Crippen LogP contribution is -2.03. The number of carbonyl (C=O) groups is 1. The average Bonchev–Trinajstić information content (AvgIpc) is 2.15. The van der Waals surface area contributed by atoms with Gasteiger partial charge in [-0.15, -0.1) is 0 Å². The first-order chi connectivity index (χ1) is 6.24. The fraction of sp³-hybridized carbons (Fsp3) is 0.182. The van der Waals surface area contributed by atoms with E-state index in [0.717, 1.165) is 5.56 Å². The summed E-state index contributed by atoms with van der Waals surface area (Å²) in [6.45, 7) is 1.74. The van der Waals surface area contributed by atoms with E-state index in [-0.39, 0.29) is 0 Å². The third-order valence-electron chi connectivity index (χ3n) is 1.86. The first-order valence-corrected chi connectivity index (χ1v) is 4.16. The highest BCUT2D eigenvalue weighted by atomic mass is 16.4. The molecule has 1 rings (SSSR count). The molecule has 1 aromatic carbocycles. The molecule has 0 saturated heterocycles. The summed E-state index contributed by atoms with van der Waals surface area (Å²) in [7, 11) is 0. The van der Waals surface area contributed by atoms with Crippen LogP contribution in [0.1, 0.15) is 12.5 Å². The van der Waals surface area contributed by atoms with E-state index in [1.165, 1.54) is 0 Å². The molecule has 0 aliphatic carbocycles. The van der Waals surface area contributed by atoms with E-state index in [0.29, 0.717) is 12.0 Å². The van der Waals surface area contributed by atoms with Crippen molar-refractivity contribution in [2.24, 2.45) is 0 Å². The minimum atomic E-state index is -0.841. The molecular formula is C11H12O2. The zero-order chi connectivity index (χ0) is 9.68. The molecule has 13 heavy (non-hydrogen) atoms. The number of rotatable bonds is 3. The van der Waals surface area contributed by atoms with Crippen LogP contribution >= 0.6 is 0 Å². The lowest BCUT2D eigenvalue weighted by Gasteiger charge is -2.00. The van der Waals surface area contributed by atoms with Crippen LogP contribution in [0.4, 0.5) is 0 Å². The number of benzene rings is 1. The lowest BCUT2D eigenvalue weighted by atomic mass is 10.1. The second-order valence-corrected chi connectivity index (χ2v) is 2.78. The molecule has 68 valence electrons. The monoisotopic (exact) mass is 176 g/mol. The highest BCUT2D eigenvalue weighted by Gasteiger charge is 2.05. The second-order valence-electron chi connectivity index (χ2n) is 2.78. The van der Waals surface area contributed by atoms with Crippen molar-refractivity contribution in [1.29, 1.82) is 0 Å². The van der Waals surface area contributed by atoms with Gasteiger partial charge in [-0.1, -0.05) is 36.4 Å². The summed E-state index contributed by atoms with van der Waals surface area (Å²) in [5, 5.41) is 8.77. The molecule has 2 heteroatoms. The van der Waals surface area contributed by atoms with Gasteiger partial charge < -0.3 is 5.11 Å². The van der Waals surface area contributed by atoms with Crippen LogP contribution in [0.3, 0.4) is 0 Å². The van der Waals surface area contributed by atoms with Crippen molar-refractivity contribution in [2.75, 3.05) is 0 Å². The zero-order valence-corrected chi connectivity index (χ0v) is 7.53. The Morgan fingerprint density at radius 1 is 1.38 bits per heavy atom. The Kier molecular flexibility index (Phi) is 3.26. The van der Waals surface area contributed by atoms with Gasteiger partial charge in [0.2, 0.25) is 0 Å². The normalized spacial score (nSPS) is 11.3. The van der Waals surface area contributed by atoms with E-state index in [4.69, 9.17) is 5.11 Å². The maximum atomic E-state index is 10.7. The van der Waals surface area contributed by atoms with Crippen molar-refractivity contribution in [2.45, 2.75) is 13.3 Å². The molecule has 1 N–H and O–H groups in total. The Morgan fingerprint density at radius 2 is 2.00 bits per heavy atom. The molecule has 1 aromatic rings. The van der Waals surface area contributed by atoms with Crippen LogP contribution in [-0.4, -0.2) is 11.1 Å². The predicted octanol–water partition coefficient (Wildman–Crippen LogP) is 2.26. The number of aliphatic carboxylic acids is 1. The summed E-state index contributed by atoms with van der Waals surface area (Å²) in [4.78, 5) is 10.7. The molecule has 0 saturated carbocycles. The van der Waals surface area contributed by atoms with Gasteiger partial charge in [-0.3, -0.25) is 0 Å². The van der Waals surface area contributed by atoms with E-state index in [1.807, 2.05) is 30.3 Å². The standard InChI is InChI=1S/C11H12O2/c1-2-10(11(12)13)8-9-6-4-3-5-7-9/h2-7H,8H2,1H3,(H,12,13)/b10-2-. The second kappa shape index (κ2) is 4.45. The van der Waals surface area contributed by atoms with Gasteiger partial charge in [0.25, 0.3) is 0 Å². The molecule has 0 spiro atoms. The summed E-state index contributed by atoms with van der Waals surface area (Å²) in [6, 6.07) is 9.58. The molecule has 0 atom stereocenters. The first kappa shape index (κ1) is 9.52. The van der Waals surface area contributed by atoms with Crippen molar-refractivity contribution in [1.82, 2.24) is 0 Å². The maximum Gasteiger partial charge on any atom is 0.331 e. The number of allylic oxidation sites excluding steroid dienone is 1. The van der Waals surface area contributed by atoms with Crippen LogP contribution in [0.15, 0.2) is 42.0 Å². The van der Waals surface area contributed by atoms with Crippen molar-refractivity contribution in [3.8, 4) is 0 Å². The van der Waals surface area contributed by atoms with Gasteiger partial charge in [-0.25, -0.2) is 4.79 Å². The van der Waals surface area contributed by atoms with E-state index < -0.39 is 5.97 Å². The van der Waals surface area contributed by atoms with Crippen LogP contribution in [0.25, 0.3) is 0 Å². The minimum absolute atomic E-state index is 0.436. The third-order valence-corrected chi connectivity index (χ3v) is 1.86. The molecule has 0 bridgehead atoms. The van der Waals surface area contributed by atoms with Crippen molar-refractivity contribution in [3.63, 3.8) is 0 Å². The number of hydrogen-bond donors (Lipinski definition) is 1. The Labute approximate surface area is 77.5 Å². The van der Waals surface area contributed by atoms with E-state index >= 15 is 0 Å². The Bertz CT molecular complexity index is 312. The molecule has 0 aromatic heterocycles. The Hall–Kier alpha value is -1.57. The Morgan fingerprint density at radius 3 is 2.46 bits per heavy atom. The summed E-state index contributed by atoms with van der Waals surface area (Å²) in [5.41, 5.74) is 1.46. The third kappa shape index (κ3) is 2.75. The van der Waals surface area contributed by atoms with Crippen molar-refractivity contribution >= 4 is 5.97 Å². The molecule has 0 aliphatic rings. The van der Waals surface area contributed by atoms with Gasteiger partial charge in [0.05, 0.1) is 0 Å². The topological polar surface area (TPSA) is 37.3 Å². The fourth-order valence-electron chi connectivity index (χ4n) is 1.12. The summed E-state index contributed by atoms with van der Waals surface area (Å²) < 4.78 is 0. The van der Waals surface area contributed by atoms with Crippen LogP contribution in [-0.2, 0) is 11.2 Å². The van der Waals surface area contributed by atoms with Crippen LogP contribution in [0.2, 0.25) is 0 Å². The molecule has 2 nitrogen and oxygen atoms in total. The molecule has 0 radical (unpaired) electrons. The summed E-state index contributed by atoms with van der Waals surface area (Å²) in [5.74, 6) is -0.841. The van der Waals surface area contributed by atoms with Gasteiger partial charge in [0, 0.05) is 12.0 Å². The van der Waals surface area contributed by atoms with E-state index in [2.05, 4.69) is 0 Å². The highest BCUT2D eigenvalue weighted by molar-refractivity contribution is 5.86. The molecule has 0 aliphatic heterocycles. The predicted molar refractivity (Wildman–Crippen MR) is 51.5 cm³/mol. The van der Waals surface area contributed by atoms with Crippen molar-refractivity contribution < 1.29 is 9.90 Å². The smallest absolute Gasteiger partial charge is 0.331 e. The summed E-state index contributed by atoms with van der Waals surface area (Å²) in [6.07, 6.45) is 2.13. The molecular weight excluding hydrogens is 164 g/mol. The molecule has 0 amide bonds. The van der Waals surface area contributed by atoms with Gasteiger partial charge in [0.15, 0.2) is 0 Å². The number of hydrogen-bond acceptors (Lipinski definition) is 1. The lowest BCUT2D eigenvalue weighted by molar-refractivity contribution is -0.132. The van der Waals surface area contributed by atoms with Gasteiger partial charge in [0.1, 0.15) is 0 Å². The van der Waals surface area contributed by atoms with Gasteiger partial charge in [-0.2, -0.15) is 0 Å². The first-order valence-electron chi connectivity index (χ1n) is 4.16. The highest BCUT2D eigenvalue weighted by Crippen LogP contribution is 2.07. The van der Waals surface area contributed by atoms with Crippen LogP contribution in [0, 0.1) is 0 Å².